The van der Waals surface area contributed by atoms with Crippen LogP contribution in [0.15, 0.2) is 52.4 Å². The third-order valence-corrected chi connectivity index (χ3v) is 8.70. The van der Waals surface area contributed by atoms with Crippen molar-refractivity contribution in [1.82, 2.24) is 8.87 Å². The van der Waals surface area contributed by atoms with Crippen molar-refractivity contribution in [2.45, 2.75) is 32.2 Å². The number of nitrogens with zero attached hydrogens (tertiary/aromatic N) is 3. The average Bonchev–Trinajstić information content (AvgIpc) is 3.08. The minimum Gasteiger partial charge on any atom is -0.316 e. The number of benzene rings is 2. The van der Waals surface area contributed by atoms with Crippen LogP contribution in [0.3, 0.4) is 0 Å². The number of thioether (sulfide) groups is 1. The number of hydrogen-bond acceptors (Lipinski definition) is 5. The van der Waals surface area contributed by atoms with Gasteiger partial charge in [-0.25, -0.2) is 8.42 Å². The molecular weight excluding hydrogens is 450 g/mol. The van der Waals surface area contributed by atoms with Crippen LogP contribution in [-0.2, 0) is 16.6 Å². The Balaban J connectivity index is 1.98. The molecule has 1 aromatic heterocycles. The SMILES string of the molecule is CCN(CC)S(=O)(=O)c1ccc(C(=O)N=c2sc3cc(C)ccc3n2CCSC)cc1. The van der Waals surface area contributed by atoms with E-state index in [1.54, 1.807) is 25.6 Å². The minimum absolute atomic E-state index is 0.181. The van der Waals surface area contributed by atoms with Crippen LogP contribution in [0.5, 0.6) is 0 Å². The van der Waals surface area contributed by atoms with Gasteiger partial charge in [-0.2, -0.15) is 21.1 Å². The van der Waals surface area contributed by atoms with Gasteiger partial charge in [0.1, 0.15) is 0 Å². The summed E-state index contributed by atoms with van der Waals surface area (Å²) in [6.45, 7) is 7.21. The molecule has 0 aliphatic heterocycles. The van der Waals surface area contributed by atoms with E-state index in [1.807, 2.05) is 6.92 Å². The number of fused-ring (bicyclic) bond motifs is 1. The molecule has 0 saturated heterocycles. The Morgan fingerprint density at radius 2 is 1.81 bits per heavy atom. The molecule has 2 aromatic carbocycles. The van der Waals surface area contributed by atoms with Crippen molar-refractivity contribution in [1.29, 1.82) is 0 Å². The second-order valence-electron chi connectivity index (χ2n) is 7.03. The monoisotopic (exact) mass is 477 g/mol. The number of aryl methyl sites for hydroxylation is 2. The summed E-state index contributed by atoms with van der Waals surface area (Å²) in [7, 11) is -3.55. The first-order valence-corrected chi connectivity index (χ1v) is 13.7. The molecule has 0 bridgehead atoms. The number of thiazole rings is 1. The molecule has 0 spiro atoms. The highest BCUT2D eigenvalue weighted by molar-refractivity contribution is 7.98. The summed E-state index contributed by atoms with van der Waals surface area (Å²) < 4.78 is 29.9. The highest BCUT2D eigenvalue weighted by Crippen LogP contribution is 2.20. The molecule has 31 heavy (non-hydrogen) atoms. The predicted molar refractivity (Wildman–Crippen MR) is 129 cm³/mol. The fourth-order valence-corrected chi connectivity index (χ4v) is 6.27. The summed E-state index contributed by atoms with van der Waals surface area (Å²) in [5.41, 5.74) is 2.59. The Morgan fingerprint density at radius 1 is 1.13 bits per heavy atom. The molecule has 0 saturated carbocycles. The van der Waals surface area contributed by atoms with Crippen molar-refractivity contribution in [3.05, 3.63) is 58.4 Å². The van der Waals surface area contributed by atoms with E-state index in [2.05, 4.69) is 34.0 Å². The summed E-state index contributed by atoms with van der Waals surface area (Å²) in [6.07, 6.45) is 2.05. The van der Waals surface area contributed by atoms with Gasteiger partial charge in [0.2, 0.25) is 10.0 Å². The summed E-state index contributed by atoms with van der Waals surface area (Å²) in [5.74, 6) is 0.534. The molecule has 9 heteroatoms. The molecule has 1 amide bonds. The normalized spacial score (nSPS) is 12.7. The van der Waals surface area contributed by atoms with Gasteiger partial charge in [-0.1, -0.05) is 31.3 Å². The molecule has 0 aliphatic rings. The molecular formula is C22H27N3O3S3. The topological polar surface area (TPSA) is 71.7 Å². The summed E-state index contributed by atoms with van der Waals surface area (Å²) in [5, 5.41) is 0. The van der Waals surface area contributed by atoms with E-state index < -0.39 is 10.0 Å². The van der Waals surface area contributed by atoms with Gasteiger partial charge in [-0.15, -0.1) is 0 Å². The lowest BCUT2D eigenvalue weighted by molar-refractivity contribution is 0.0997. The standard InChI is InChI=1S/C22H27N3O3S3/c1-5-24(6-2)31(27,28)18-10-8-17(9-11-18)21(26)23-22-25(13-14-29-4)19-12-7-16(3)15-20(19)30-22/h7-12,15H,5-6,13-14H2,1-4H3. The lowest BCUT2D eigenvalue weighted by Gasteiger charge is -2.18. The van der Waals surface area contributed by atoms with Crippen LogP contribution in [0, 0.1) is 6.92 Å². The van der Waals surface area contributed by atoms with Gasteiger partial charge in [-0.3, -0.25) is 4.79 Å². The average molecular weight is 478 g/mol. The third kappa shape index (κ3) is 5.11. The van der Waals surface area contributed by atoms with Crippen molar-refractivity contribution < 1.29 is 13.2 Å². The lowest BCUT2D eigenvalue weighted by atomic mass is 10.2. The molecule has 1 heterocycles. The van der Waals surface area contributed by atoms with Crippen LogP contribution >= 0.6 is 23.1 Å². The molecule has 0 fully saturated rings. The molecule has 6 nitrogen and oxygen atoms in total. The molecule has 166 valence electrons. The summed E-state index contributed by atoms with van der Waals surface area (Å²) in [6, 6.07) is 12.3. The van der Waals surface area contributed by atoms with Crippen molar-refractivity contribution >= 4 is 49.2 Å². The number of aromatic nitrogens is 1. The van der Waals surface area contributed by atoms with Crippen LogP contribution in [-0.4, -0.2) is 48.3 Å². The highest BCUT2D eigenvalue weighted by atomic mass is 32.2. The maximum absolute atomic E-state index is 12.9. The second kappa shape index (κ2) is 10.1. The fraction of sp³-hybridized carbons (Fsp3) is 0.364. The van der Waals surface area contributed by atoms with E-state index in [4.69, 9.17) is 0 Å². The Morgan fingerprint density at radius 3 is 2.42 bits per heavy atom. The third-order valence-electron chi connectivity index (χ3n) is 5.00. The number of rotatable bonds is 8. The van der Waals surface area contributed by atoms with E-state index in [0.29, 0.717) is 23.5 Å². The van der Waals surface area contributed by atoms with Gasteiger partial charge in [0.05, 0.1) is 15.1 Å². The zero-order valence-electron chi connectivity index (χ0n) is 18.2. The zero-order chi connectivity index (χ0) is 22.6. The molecule has 3 rings (SSSR count). The minimum atomic E-state index is -3.55. The van der Waals surface area contributed by atoms with Gasteiger partial charge >= 0.3 is 0 Å². The largest absolute Gasteiger partial charge is 0.316 e. The maximum Gasteiger partial charge on any atom is 0.279 e. The Kier molecular flexibility index (Phi) is 7.74. The van der Waals surface area contributed by atoms with Crippen molar-refractivity contribution in [3.63, 3.8) is 0 Å². The first-order valence-electron chi connectivity index (χ1n) is 10.1. The maximum atomic E-state index is 12.9. The molecule has 0 N–H and O–H groups in total. The molecule has 3 aromatic rings. The summed E-state index contributed by atoms with van der Waals surface area (Å²) in [4.78, 5) is 18.1. The van der Waals surface area contributed by atoms with E-state index >= 15 is 0 Å². The lowest BCUT2D eigenvalue weighted by Crippen LogP contribution is -2.30. The molecule has 0 radical (unpaired) electrons. The zero-order valence-corrected chi connectivity index (χ0v) is 20.6. The van der Waals surface area contributed by atoms with Crippen LogP contribution in [0.1, 0.15) is 29.8 Å². The highest BCUT2D eigenvalue weighted by Gasteiger charge is 2.21. The van der Waals surface area contributed by atoms with Crippen molar-refractivity contribution in [2.24, 2.45) is 4.99 Å². The number of carbonyl (C=O) groups excluding carboxylic acids is 1. The number of amides is 1. The first kappa shape index (κ1) is 23.7. The Hall–Kier alpha value is -1.94. The fourth-order valence-electron chi connectivity index (χ4n) is 3.30. The smallest absolute Gasteiger partial charge is 0.279 e. The van der Waals surface area contributed by atoms with E-state index in [1.165, 1.54) is 39.9 Å². The van der Waals surface area contributed by atoms with E-state index in [9.17, 15) is 13.2 Å². The molecule has 0 atom stereocenters. The predicted octanol–water partition coefficient (Wildman–Crippen LogP) is 4.15. The summed E-state index contributed by atoms with van der Waals surface area (Å²) >= 11 is 3.23. The molecule has 0 aliphatic carbocycles. The van der Waals surface area contributed by atoms with Crippen LogP contribution in [0.25, 0.3) is 10.2 Å². The van der Waals surface area contributed by atoms with Gasteiger partial charge < -0.3 is 4.57 Å². The van der Waals surface area contributed by atoms with Crippen LogP contribution < -0.4 is 4.80 Å². The van der Waals surface area contributed by atoms with Crippen molar-refractivity contribution in [3.8, 4) is 0 Å². The Labute approximate surface area is 191 Å². The molecule has 0 unspecified atom stereocenters. The quantitative estimate of drug-likeness (QED) is 0.489. The second-order valence-corrected chi connectivity index (χ2v) is 11.0. The van der Waals surface area contributed by atoms with Gasteiger partial charge in [-0.05, 0) is 55.1 Å². The van der Waals surface area contributed by atoms with Crippen molar-refractivity contribution in [2.75, 3.05) is 25.1 Å². The van der Waals surface area contributed by atoms with Gasteiger partial charge in [0.25, 0.3) is 5.91 Å². The number of sulfonamides is 1. The van der Waals surface area contributed by atoms with E-state index in [0.717, 1.165) is 28.1 Å². The van der Waals surface area contributed by atoms with Crippen LogP contribution in [0.2, 0.25) is 0 Å². The van der Waals surface area contributed by atoms with Gasteiger partial charge in [0.15, 0.2) is 4.80 Å². The Bertz CT molecular complexity index is 1240. The van der Waals surface area contributed by atoms with E-state index in [-0.39, 0.29) is 10.8 Å². The number of hydrogen-bond donors (Lipinski definition) is 0. The number of carbonyl (C=O) groups is 1. The van der Waals surface area contributed by atoms with Crippen LogP contribution in [0.4, 0.5) is 0 Å². The first-order chi connectivity index (χ1) is 14.8. The van der Waals surface area contributed by atoms with Gasteiger partial charge in [0, 0.05) is 31.0 Å².